The number of alkyl halides is 3. The molecule has 0 saturated carbocycles. The molecule has 2 amide bonds. The summed E-state index contributed by atoms with van der Waals surface area (Å²) >= 11 is 6.97. The van der Waals surface area contributed by atoms with Crippen molar-refractivity contribution in [3.8, 4) is 17.0 Å². The number of carbonyl (C=O) groups excluding carboxylic acids is 2. The molecule has 3 aromatic rings. The van der Waals surface area contributed by atoms with E-state index in [1.807, 2.05) is 0 Å². The molecule has 0 aliphatic carbocycles. The molecule has 1 unspecified atom stereocenters. The van der Waals surface area contributed by atoms with Crippen molar-refractivity contribution in [3.05, 3.63) is 52.1 Å². The van der Waals surface area contributed by atoms with Gasteiger partial charge < -0.3 is 20.5 Å². The highest BCUT2D eigenvalue weighted by Crippen LogP contribution is 2.34. The van der Waals surface area contributed by atoms with Crippen molar-refractivity contribution >= 4 is 45.6 Å². The van der Waals surface area contributed by atoms with Crippen molar-refractivity contribution < 1.29 is 32.6 Å². The molecule has 0 saturated heterocycles. The number of anilines is 2. The van der Waals surface area contributed by atoms with Gasteiger partial charge in [-0.05, 0) is 24.3 Å². The number of hydrogen-bond acceptors (Lipinski definition) is 8. The van der Waals surface area contributed by atoms with Crippen molar-refractivity contribution in [1.29, 1.82) is 0 Å². The van der Waals surface area contributed by atoms with Crippen LogP contribution in [0.1, 0.15) is 16.1 Å². The Morgan fingerprint density at radius 3 is 2.85 bits per heavy atom. The highest BCUT2D eigenvalue weighted by atomic mass is 35.5. The number of nitrogens with one attached hydrogen (secondary N) is 2. The fourth-order valence-corrected chi connectivity index (χ4v) is 4.12. The van der Waals surface area contributed by atoms with Crippen LogP contribution >= 0.6 is 22.9 Å². The maximum absolute atomic E-state index is 12.6. The normalized spacial score (nSPS) is 15.5. The number of nitrogens with zero attached hydrogens (tertiary/aromatic N) is 3. The van der Waals surface area contributed by atoms with Gasteiger partial charge in [0.2, 0.25) is 12.3 Å². The molecule has 2 aromatic heterocycles. The first kappa shape index (κ1) is 23.7. The zero-order valence-electron chi connectivity index (χ0n) is 17.2. The molecule has 0 bridgehead atoms. The van der Waals surface area contributed by atoms with Gasteiger partial charge in [0.05, 0.1) is 34.1 Å². The van der Waals surface area contributed by atoms with Crippen LogP contribution < -0.4 is 15.4 Å². The fraction of sp³-hybridized carbons (Fsp3) is 0.200. The van der Waals surface area contributed by atoms with Gasteiger partial charge in [-0.1, -0.05) is 11.6 Å². The van der Waals surface area contributed by atoms with E-state index >= 15 is 0 Å². The molecule has 1 aliphatic heterocycles. The minimum atomic E-state index is -4.87. The number of aliphatic hydroxyl groups is 1. The van der Waals surface area contributed by atoms with Gasteiger partial charge in [0, 0.05) is 24.2 Å². The fourth-order valence-electron chi connectivity index (χ4n) is 3.17. The first-order valence-electron chi connectivity index (χ1n) is 9.52. The van der Waals surface area contributed by atoms with Crippen molar-refractivity contribution in [2.75, 3.05) is 17.7 Å². The van der Waals surface area contributed by atoms with Crippen LogP contribution in [0.5, 0.6) is 5.75 Å². The molecule has 0 radical (unpaired) electrons. The maximum atomic E-state index is 12.6. The lowest BCUT2D eigenvalue weighted by molar-refractivity contribution is -0.274. The Hall–Kier alpha value is -3.42. The smallest absolute Gasteiger partial charge is 0.404 e. The molecule has 3 N–H and O–H groups in total. The zero-order chi connectivity index (χ0) is 24.6. The number of amides is 2. The van der Waals surface area contributed by atoms with Crippen LogP contribution in [-0.4, -0.2) is 51.6 Å². The van der Waals surface area contributed by atoms with Crippen LogP contribution in [-0.2, 0) is 11.2 Å². The molecule has 178 valence electrons. The van der Waals surface area contributed by atoms with E-state index in [0.29, 0.717) is 16.9 Å². The van der Waals surface area contributed by atoms with Crippen molar-refractivity contribution in [3.63, 3.8) is 0 Å². The summed E-state index contributed by atoms with van der Waals surface area (Å²) in [4.78, 5) is 34.6. The first-order chi connectivity index (χ1) is 16.0. The van der Waals surface area contributed by atoms with Crippen LogP contribution in [0, 0.1) is 0 Å². The first-order valence-corrected chi connectivity index (χ1v) is 10.8. The number of thiazole rings is 1. The minimum absolute atomic E-state index is 0.182. The standard InChI is InChI=1S/C20H15ClF3N5O4S/c1-29-17(31)16-11(27-19(29)32)4-5-25-12(16)7-15(30)28-18-26-13(8-34-18)9-2-3-14(10(21)6-9)33-20(22,23)24/h2-6,8,19,27,32H,7H2,1H3,(H,26,28,30). The lowest BCUT2D eigenvalue weighted by Gasteiger charge is -2.32. The molecular formula is C20H15ClF3N5O4S. The summed E-state index contributed by atoms with van der Waals surface area (Å²) in [5.74, 6) is -1.51. The second-order valence-corrected chi connectivity index (χ2v) is 8.34. The van der Waals surface area contributed by atoms with Gasteiger partial charge in [0.25, 0.3) is 5.91 Å². The van der Waals surface area contributed by atoms with Gasteiger partial charge in [-0.2, -0.15) is 0 Å². The van der Waals surface area contributed by atoms with Crippen molar-refractivity contribution in [2.45, 2.75) is 19.1 Å². The topological polar surface area (TPSA) is 117 Å². The third kappa shape index (κ3) is 5.05. The Morgan fingerprint density at radius 1 is 1.38 bits per heavy atom. The molecule has 0 spiro atoms. The summed E-state index contributed by atoms with van der Waals surface area (Å²) < 4.78 is 41.1. The molecule has 9 nitrogen and oxygen atoms in total. The highest BCUT2D eigenvalue weighted by Gasteiger charge is 2.32. The van der Waals surface area contributed by atoms with Gasteiger partial charge in [-0.15, -0.1) is 24.5 Å². The van der Waals surface area contributed by atoms with Crippen LogP contribution in [0.15, 0.2) is 35.8 Å². The number of pyridine rings is 1. The van der Waals surface area contributed by atoms with E-state index in [1.165, 1.54) is 31.4 Å². The van der Waals surface area contributed by atoms with Crippen LogP contribution in [0.25, 0.3) is 11.3 Å². The van der Waals surface area contributed by atoms with Gasteiger partial charge in [-0.3, -0.25) is 19.5 Å². The van der Waals surface area contributed by atoms with Crippen LogP contribution in [0.3, 0.4) is 0 Å². The second-order valence-electron chi connectivity index (χ2n) is 7.07. The third-order valence-electron chi connectivity index (χ3n) is 4.75. The predicted molar refractivity (Wildman–Crippen MR) is 118 cm³/mol. The number of aromatic nitrogens is 2. The van der Waals surface area contributed by atoms with Crippen LogP contribution in [0.2, 0.25) is 5.02 Å². The number of fused-ring (bicyclic) bond motifs is 1. The number of benzene rings is 1. The highest BCUT2D eigenvalue weighted by molar-refractivity contribution is 7.14. The minimum Gasteiger partial charge on any atom is -0.404 e. The van der Waals surface area contributed by atoms with E-state index in [-0.39, 0.29) is 27.8 Å². The molecule has 1 atom stereocenters. The average Bonchev–Trinajstić information content (AvgIpc) is 3.21. The van der Waals surface area contributed by atoms with Gasteiger partial charge in [0.1, 0.15) is 5.75 Å². The average molecular weight is 514 g/mol. The molecule has 3 heterocycles. The van der Waals surface area contributed by atoms with Crippen molar-refractivity contribution in [1.82, 2.24) is 14.9 Å². The molecule has 1 aliphatic rings. The Labute approximate surface area is 199 Å². The van der Waals surface area contributed by atoms with E-state index in [0.717, 1.165) is 22.3 Å². The predicted octanol–water partition coefficient (Wildman–Crippen LogP) is 3.71. The molecule has 34 heavy (non-hydrogen) atoms. The lowest BCUT2D eigenvalue weighted by atomic mass is 10.1. The second kappa shape index (κ2) is 9.08. The van der Waals surface area contributed by atoms with Crippen molar-refractivity contribution in [2.24, 2.45) is 0 Å². The van der Waals surface area contributed by atoms with E-state index in [2.05, 4.69) is 25.3 Å². The third-order valence-corrected chi connectivity index (χ3v) is 5.80. The van der Waals surface area contributed by atoms with E-state index in [4.69, 9.17) is 11.6 Å². The number of aliphatic hydroxyl groups excluding tert-OH is 1. The lowest BCUT2D eigenvalue weighted by Crippen LogP contribution is -2.46. The summed E-state index contributed by atoms with van der Waals surface area (Å²) in [6.45, 7) is 0. The van der Waals surface area contributed by atoms with E-state index in [9.17, 15) is 27.9 Å². The summed E-state index contributed by atoms with van der Waals surface area (Å²) in [5, 5.41) is 16.8. The summed E-state index contributed by atoms with van der Waals surface area (Å²) in [7, 11) is 1.41. The molecule has 14 heteroatoms. The SMILES string of the molecule is CN1C(=O)c2c(ccnc2CC(=O)Nc2nc(-c3ccc(OC(F)(F)F)c(Cl)c3)cs2)NC1O. The number of carbonyl (C=O) groups is 2. The summed E-state index contributed by atoms with van der Waals surface area (Å²) in [6.07, 6.45) is -4.88. The Kier molecular flexibility index (Phi) is 6.34. The van der Waals surface area contributed by atoms with E-state index in [1.54, 1.807) is 5.38 Å². The molecule has 1 aromatic carbocycles. The Morgan fingerprint density at radius 2 is 2.15 bits per heavy atom. The van der Waals surface area contributed by atoms with Crippen LogP contribution in [0.4, 0.5) is 24.0 Å². The number of rotatable bonds is 5. The largest absolute Gasteiger partial charge is 0.573 e. The molecular weight excluding hydrogens is 499 g/mol. The summed E-state index contributed by atoms with van der Waals surface area (Å²) in [5.41, 5.74) is 1.57. The number of halogens is 4. The number of hydrogen-bond donors (Lipinski definition) is 3. The molecule has 4 rings (SSSR count). The maximum Gasteiger partial charge on any atom is 0.573 e. The van der Waals surface area contributed by atoms with Gasteiger partial charge in [0.15, 0.2) is 5.13 Å². The Balaban J connectivity index is 1.47. The Bertz CT molecular complexity index is 1270. The monoisotopic (exact) mass is 513 g/mol. The van der Waals surface area contributed by atoms with E-state index < -0.39 is 30.3 Å². The van der Waals surface area contributed by atoms with Gasteiger partial charge in [-0.25, -0.2) is 4.98 Å². The quantitative estimate of drug-likeness (QED) is 0.476. The van der Waals surface area contributed by atoms with Gasteiger partial charge >= 0.3 is 6.36 Å². The molecule has 0 fully saturated rings. The zero-order valence-corrected chi connectivity index (χ0v) is 18.8. The summed E-state index contributed by atoms with van der Waals surface area (Å²) in [6, 6.07) is 5.23. The number of ether oxygens (including phenoxy) is 1.